The zero-order valence-electron chi connectivity index (χ0n) is 12.4. The molecule has 4 nitrogen and oxygen atoms in total. The number of hydrogen-bond donors (Lipinski definition) is 2. The first-order valence-electron chi connectivity index (χ1n) is 7.06. The molecule has 0 amide bonds. The Hall–Kier alpha value is -0.160. The van der Waals surface area contributed by atoms with Crippen LogP contribution in [0.15, 0.2) is 0 Å². The van der Waals surface area contributed by atoms with Crippen LogP contribution in [0, 0.1) is 5.92 Å². The summed E-state index contributed by atoms with van der Waals surface area (Å²) < 4.78 is 5.59. The van der Waals surface area contributed by atoms with Gasteiger partial charge in [-0.15, -0.1) is 0 Å². The van der Waals surface area contributed by atoms with Crippen LogP contribution in [0.2, 0.25) is 0 Å². The largest absolute Gasteiger partial charge is 0.390 e. The van der Waals surface area contributed by atoms with Crippen molar-refractivity contribution in [3.63, 3.8) is 0 Å². The van der Waals surface area contributed by atoms with Crippen molar-refractivity contribution < 1.29 is 9.84 Å². The second-order valence-corrected chi connectivity index (χ2v) is 6.57. The summed E-state index contributed by atoms with van der Waals surface area (Å²) in [6.07, 6.45) is 2.36. The van der Waals surface area contributed by atoms with Crippen LogP contribution < -0.4 is 5.32 Å². The molecule has 1 aliphatic rings. The number of likely N-dealkylation sites (N-methyl/N-ethyl adjacent to an activating group) is 1. The maximum Gasteiger partial charge on any atom is 0.0791 e. The van der Waals surface area contributed by atoms with E-state index in [0.29, 0.717) is 13.1 Å². The van der Waals surface area contributed by atoms with Crippen LogP contribution in [0.25, 0.3) is 0 Å². The van der Waals surface area contributed by atoms with Gasteiger partial charge in [0.25, 0.3) is 0 Å². The summed E-state index contributed by atoms with van der Waals surface area (Å²) in [5, 5.41) is 13.2. The molecular weight excluding hydrogens is 228 g/mol. The van der Waals surface area contributed by atoms with Crippen LogP contribution in [0.3, 0.4) is 0 Å². The molecule has 0 saturated heterocycles. The molecule has 0 heterocycles. The fourth-order valence-corrected chi connectivity index (χ4v) is 1.69. The Balaban J connectivity index is 1.97. The first-order chi connectivity index (χ1) is 8.37. The Kier molecular flexibility index (Phi) is 6.57. The SMILES string of the molecule is CN(CCOCC1CC1)CC(O)CNC(C)(C)C. The van der Waals surface area contributed by atoms with Crippen LogP contribution in [-0.2, 0) is 4.74 Å². The van der Waals surface area contributed by atoms with Gasteiger partial charge in [-0.1, -0.05) is 0 Å². The molecule has 0 aromatic rings. The molecule has 1 rings (SSSR count). The van der Waals surface area contributed by atoms with E-state index in [4.69, 9.17) is 4.74 Å². The number of aliphatic hydroxyl groups is 1. The number of rotatable bonds is 9. The normalized spacial score (nSPS) is 18.3. The number of nitrogens with one attached hydrogen (secondary N) is 1. The maximum absolute atomic E-state index is 9.89. The predicted molar refractivity (Wildman–Crippen MR) is 74.8 cm³/mol. The lowest BCUT2D eigenvalue weighted by molar-refractivity contribution is 0.0771. The Bertz CT molecular complexity index is 224. The van der Waals surface area contributed by atoms with Crippen LogP contribution in [0.1, 0.15) is 33.6 Å². The fourth-order valence-electron chi connectivity index (χ4n) is 1.69. The van der Waals surface area contributed by atoms with Crippen LogP contribution in [-0.4, -0.2) is 61.5 Å². The summed E-state index contributed by atoms with van der Waals surface area (Å²) in [5.41, 5.74) is 0.0624. The first-order valence-corrected chi connectivity index (χ1v) is 7.06. The molecule has 4 heteroatoms. The third kappa shape index (κ3) is 8.86. The van der Waals surface area contributed by atoms with Gasteiger partial charge in [0.05, 0.1) is 12.7 Å². The fraction of sp³-hybridized carbons (Fsp3) is 1.00. The summed E-state index contributed by atoms with van der Waals surface area (Å²) >= 11 is 0. The number of aliphatic hydroxyl groups excluding tert-OH is 1. The quantitative estimate of drug-likeness (QED) is 0.608. The lowest BCUT2D eigenvalue weighted by atomic mass is 10.1. The monoisotopic (exact) mass is 258 g/mol. The Morgan fingerprint density at radius 1 is 1.39 bits per heavy atom. The van der Waals surface area contributed by atoms with Gasteiger partial charge < -0.3 is 20.1 Å². The van der Waals surface area contributed by atoms with E-state index in [2.05, 4.69) is 31.0 Å². The molecule has 18 heavy (non-hydrogen) atoms. The highest BCUT2D eigenvalue weighted by atomic mass is 16.5. The molecule has 0 bridgehead atoms. The van der Waals surface area contributed by atoms with E-state index in [1.54, 1.807) is 0 Å². The molecule has 0 spiro atoms. The molecule has 1 aliphatic carbocycles. The Morgan fingerprint density at radius 2 is 2.06 bits per heavy atom. The van der Waals surface area contributed by atoms with Gasteiger partial charge >= 0.3 is 0 Å². The van der Waals surface area contributed by atoms with Crippen molar-refractivity contribution in [2.75, 3.05) is 39.9 Å². The minimum Gasteiger partial charge on any atom is -0.390 e. The van der Waals surface area contributed by atoms with Crippen molar-refractivity contribution in [1.29, 1.82) is 0 Å². The minimum atomic E-state index is -0.322. The average molecular weight is 258 g/mol. The molecule has 1 fully saturated rings. The summed E-state index contributed by atoms with van der Waals surface area (Å²) in [5.74, 6) is 0.830. The minimum absolute atomic E-state index is 0.0624. The van der Waals surface area contributed by atoms with Crippen LogP contribution in [0.5, 0.6) is 0 Å². The van der Waals surface area contributed by atoms with Gasteiger partial charge in [0.2, 0.25) is 0 Å². The Morgan fingerprint density at radius 3 is 2.61 bits per heavy atom. The number of β-amino-alcohol motifs (C(OH)–C–C–N with tert-alkyl or cyclic N) is 1. The lowest BCUT2D eigenvalue weighted by Crippen LogP contribution is -2.44. The smallest absolute Gasteiger partial charge is 0.0791 e. The zero-order valence-corrected chi connectivity index (χ0v) is 12.4. The van der Waals surface area contributed by atoms with E-state index >= 15 is 0 Å². The van der Waals surface area contributed by atoms with Gasteiger partial charge in [-0.2, -0.15) is 0 Å². The number of ether oxygens (including phenoxy) is 1. The molecule has 2 N–H and O–H groups in total. The number of nitrogens with zero attached hydrogens (tertiary/aromatic N) is 1. The van der Waals surface area contributed by atoms with E-state index in [1.807, 2.05) is 7.05 Å². The standard InChI is InChI=1S/C14H30N2O2/c1-14(2,3)15-9-13(17)10-16(4)7-8-18-11-12-5-6-12/h12-13,15,17H,5-11H2,1-4H3. The van der Waals surface area contributed by atoms with Crippen molar-refractivity contribution in [2.24, 2.45) is 5.92 Å². The summed E-state index contributed by atoms with van der Waals surface area (Å²) in [6, 6.07) is 0. The predicted octanol–water partition coefficient (Wildman–Crippen LogP) is 1.09. The van der Waals surface area contributed by atoms with E-state index < -0.39 is 0 Å². The molecule has 1 saturated carbocycles. The van der Waals surface area contributed by atoms with Crippen LogP contribution >= 0.6 is 0 Å². The summed E-state index contributed by atoms with van der Waals surface area (Å²) in [6.45, 7) is 10.2. The lowest BCUT2D eigenvalue weighted by Gasteiger charge is -2.25. The van der Waals surface area contributed by atoms with E-state index in [9.17, 15) is 5.11 Å². The molecule has 0 aromatic carbocycles. The highest BCUT2D eigenvalue weighted by Crippen LogP contribution is 2.28. The van der Waals surface area contributed by atoms with Crippen molar-refractivity contribution in [3.8, 4) is 0 Å². The average Bonchev–Trinajstić information content (AvgIpc) is 3.04. The van der Waals surface area contributed by atoms with Gasteiger partial charge in [-0.05, 0) is 46.6 Å². The zero-order chi connectivity index (χ0) is 13.6. The van der Waals surface area contributed by atoms with E-state index in [0.717, 1.165) is 25.7 Å². The second kappa shape index (κ2) is 7.43. The van der Waals surface area contributed by atoms with Crippen molar-refractivity contribution in [3.05, 3.63) is 0 Å². The third-order valence-electron chi connectivity index (χ3n) is 3.06. The third-order valence-corrected chi connectivity index (χ3v) is 3.06. The molecule has 0 aromatic heterocycles. The molecule has 0 aliphatic heterocycles. The van der Waals surface area contributed by atoms with Gasteiger partial charge in [0.15, 0.2) is 0 Å². The van der Waals surface area contributed by atoms with Gasteiger partial charge in [-0.25, -0.2) is 0 Å². The molecular formula is C14H30N2O2. The Labute approximate surface area is 112 Å². The topological polar surface area (TPSA) is 44.7 Å². The van der Waals surface area contributed by atoms with E-state index in [-0.39, 0.29) is 11.6 Å². The number of hydrogen-bond acceptors (Lipinski definition) is 4. The highest BCUT2D eigenvalue weighted by molar-refractivity contribution is 4.74. The summed E-state index contributed by atoms with van der Waals surface area (Å²) in [7, 11) is 2.03. The molecule has 108 valence electrons. The van der Waals surface area contributed by atoms with Crippen LogP contribution in [0.4, 0.5) is 0 Å². The van der Waals surface area contributed by atoms with Gasteiger partial charge in [0, 0.05) is 31.8 Å². The highest BCUT2D eigenvalue weighted by Gasteiger charge is 2.21. The van der Waals surface area contributed by atoms with Gasteiger partial charge in [-0.3, -0.25) is 0 Å². The van der Waals surface area contributed by atoms with E-state index in [1.165, 1.54) is 12.8 Å². The van der Waals surface area contributed by atoms with Crippen molar-refractivity contribution >= 4 is 0 Å². The first kappa shape index (κ1) is 15.9. The van der Waals surface area contributed by atoms with Crippen molar-refractivity contribution in [1.82, 2.24) is 10.2 Å². The maximum atomic E-state index is 9.89. The molecule has 1 unspecified atom stereocenters. The second-order valence-electron chi connectivity index (χ2n) is 6.57. The van der Waals surface area contributed by atoms with Gasteiger partial charge in [0.1, 0.15) is 0 Å². The molecule has 1 atom stereocenters. The molecule has 0 radical (unpaired) electrons. The van der Waals surface area contributed by atoms with Crippen molar-refractivity contribution in [2.45, 2.75) is 45.3 Å². The summed E-state index contributed by atoms with van der Waals surface area (Å²) in [4.78, 5) is 2.13.